The van der Waals surface area contributed by atoms with Gasteiger partial charge in [0, 0.05) is 13.1 Å². The summed E-state index contributed by atoms with van der Waals surface area (Å²) in [5.74, 6) is 0.987. The van der Waals surface area contributed by atoms with Gasteiger partial charge in [0.15, 0.2) is 16.1 Å². The van der Waals surface area contributed by atoms with E-state index in [1.165, 1.54) is 18.2 Å². The minimum absolute atomic E-state index is 0.0139. The molecule has 33 heavy (non-hydrogen) atoms. The summed E-state index contributed by atoms with van der Waals surface area (Å²) in [4.78, 5) is 15.2. The van der Waals surface area contributed by atoms with E-state index in [2.05, 4.69) is 70.4 Å². The van der Waals surface area contributed by atoms with Crippen molar-refractivity contribution in [2.24, 2.45) is 0 Å². The molecular formula is C22H32BBrClFN4O2S. The van der Waals surface area contributed by atoms with E-state index >= 15 is 0 Å². The Morgan fingerprint density at radius 3 is 2.18 bits per heavy atom. The van der Waals surface area contributed by atoms with Crippen LogP contribution in [-0.4, -0.2) is 52.1 Å². The van der Waals surface area contributed by atoms with Crippen LogP contribution in [0.2, 0.25) is 11.5 Å². The molecule has 0 spiro atoms. The van der Waals surface area contributed by atoms with Crippen molar-refractivity contribution in [3.05, 3.63) is 15.6 Å². The van der Waals surface area contributed by atoms with E-state index < -0.39 is 5.82 Å². The Labute approximate surface area is 214 Å². The van der Waals surface area contributed by atoms with Gasteiger partial charge in [-0.15, -0.1) is 0 Å². The summed E-state index contributed by atoms with van der Waals surface area (Å²) in [5.41, 5.74) is -0.0835. The third-order valence-corrected chi connectivity index (χ3v) is 7.78. The number of hydrogen-bond donors (Lipinski definition) is 0. The highest BCUT2D eigenvalue weighted by atomic mass is 79.9. The minimum atomic E-state index is -0.585. The maximum Gasteiger partial charge on any atom is 0.457 e. The topological polar surface area (TPSA) is 60.4 Å². The summed E-state index contributed by atoms with van der Waals surface area (Å²) in [5, 5.41) is 1.00. The number of hydrogen-bond acceptors (Lipinski definition) is 7. The largest absolute Gasteiger partial charge is 0.457 e. The van der Waals surface area contributed by atoms with Gasteiger partial charge in [-0.05, 0) is 75.0 Å². The molecule has 0 aliphatic carbocycles. The third-order valence-electron chi connectivity index (χ3n) is 6.23. The van der Waals surface area contributed by atoms with Gasteiger partial charge >= 0.3 is 7.12 Å². The molecule has 0 atom stereocenters. The average Bonchev–Trinajstić information content (AvgIpc) is 2.99. The molecule has 2 aliphatic heterocycles. The van der Waals surface area contributed by atoms with Crippen molar-refractivity contribution >= 4 is 63.1 Å². The van der Waals surface area contributed by atoms with Crippen molar-refractivity contribution < 1.29 is 13.7 Å². The first-order chi connectivity index (χ1) is 15.5. The summed E-state index contributed by atoms with van der Waals surface area (Å²) < 4.78 is 26.3. The number of nitrogens with zero attached hydrogens (tertiary/aromatic N) is 4. The van der Waals surface area contributed by atoms with Crippen LogP contribution in [0.25, 0.3) is 10.9 Å². The molecule has 0 bridgehead atoms. The molecule has 11 heteroatoms. The fraction of sp³-hybridized carbons (Fsp3) is 0.682. The van der Waals surface area contributed by atoms with Crippen LogP contribution < -0.4 is 4.90 Å². The molecule has 2 saturated heterocycles. The van der Waals surface area contributed by atoms with Gasteiger partial charge < -0.3 is 14.2 Å². The van der Waals surface area contributed by atoms with Gasteiger partial charge in [-0.3, -0.25) is 0 Å². The number of anilines is 1. The van der Waals surface area contributed by atoms with Crippen molar-refractivity contribution in [3.63, 3.8) is 0 Å². The minimum Gasteiger partial charge on any atom is -0.403 e. The maximum absolute atomic E-state index is 14.4. The van der Waals surface area contributed by atoms with Gasteiger partial charge in [-0.25, -0.2) is 19.3 Å². The Morgan fingerprint density at radius 2 is 1.67 bits per heavy atom. The van der Waals surface area contributed by atoms with Gasteiger partial charge in [-0.2, -0.15) is 0 Å². The molecule has 0 N–H and O–H groups in total. The van der Waals surface area contributed by atoms with Crippen molar-refractivity contribution in [1.29, 1.82) is 0 Å². The predicted octanol–water partition coefficient (Wildman–Crippen LogP) is 6.78. The fourth-order valence-corrected chi connectivity index (χ4v) is 5.11. The van der Waals surface area contributed by atoms with Gasteiger partial charge in [0.05, 0.1) is 16.6 Å². The van der Waals surface area contributed by atoms with E-state index in [1.54, 1.807) is 0 Å². The Hall–Kier alpha value is -0.675. The van der Waals surface area contributed by atoms with E-state index in [0.29, 0.717) is 15.1 Å². The maximum atomic E-state index is 14.4. The normalized spacial score (nSPS) is 19.5. The van der Waals surface area contributed by atoms with Crippen LogP contribution in [0.1, 0.15) is 60.8 Å². The van der Waals surface area contributed by atoms with Gasteiger partial charge in [-0.1, -0.05) is 37.2 Å². The molecule has 2 aromatic heterocycles. The molecule has 2 fully saturated rings. The summed E-state index contributed by atoms with van der Waals surface area (Å²) in [7, 11) is -0.0139. The van der Waals surface area contributed by atoms with E-state index in [9.17, 15) is 4.39 Å². The lowest BCUT2D eigenvalue weighted by molar-refractivity contribution is 0.00578. The molecule has 0 aromatic carbocycles. The SMILES string of the molecule is CCB1OC(C)(C)C(C)(C)O1.CCSc1nc(N2CCCCC2)c2c(Br)nc(Cl)c(F)c2n1. The summed E-state index contributed by atoms with van der Waals surface area (Å²) in [6.07, 6.45) is 4.37. The summed E-state index contributed by atoms with van der Waals surface area (Å²) >= 11 is 10.7. The van der Waals surface area contributed by atoms with E-state index in [0.717, 1.165) is 43.8 Å². The van der Waals surface area contributed by atoms with Gasteiger partial charge in [0.2, 0.25) is 0 Å². The van der Waals surface area contributed by atoms with E-state index in [-0.39, 0.29) is 29.0 Å². The zero-order valence-corrected chi connectivity index (χ0v) is 23.3. The van der Waals surface area contributed by atoms with E-state index in [4.69, 9.17) is 20.9 Å². The zero-order chi connectivity index (χ0) is 24.4. The first kappa shape index (κ1) is 26.9. The quantitative estimate of drug-likeness (QED) is 0.176. The molecule has 0 amide bonds. The van der Waals surface area contributed by atoms with Crippen molar-refractivity contribution in [3.8, 4) is 0 Å². The van der Waals surface area contributed by atoms with Crippen molar-refractivity contribution in [2.75, 3.05) is 23.7 Å². The molecule has 2 aliphatic rings. The second-order valence-electron chi connectivity index (χ2n) is 9.14. The van der Waals surface area contributed by atoms with Crippen LogP contribution in [0.4, 0.5) is 10.2 Å². The van der Waals surface area contributed by atoms with Crippen LogP contribution in [-0.2, 0) is 9.31 Å². The average molecular weight is 562 g/mol. The smallest absolute Gasteiger partial charge is 0.403 e. The fourth-order valence-electron chi connectivity index (χ4n) is 3.73. The summed E-state index contributed by atoms with van der Waals surface area (Å²) in [6, 6.07) is 0. The van der Waals surface area contributed by atoms with Crippen LogP contribution in [0.15, 0.2) is 9.76 Å². The van der Waals surface area contributed by atoms with Crippen LogP contribution in [0.3, 0.4) is 0 Å². The number of pyridine rings is 1. The van der Waals surface area contributed by atoms with Crippen molar-refractivity contribution in [1.82, 2.24) is 15.0 Å². The molecule has 182 valence electrons. The number of thioether (sulfide) groups is 1. The summed E-state index contributed by atoms with van der Waals surface area (Å²) in [6.45, 7) is 14.2. The van der Waals surface area contributed by atoms with Crippen LogP contribution >= 0.6 is 39.3 Å². The van der Waals surface area contributed by atoms with Crippen LogP contribution in [0.5, 0.6) is 0 Å². The number of piperidine rings is 1. The highest BCUT2D eigenvalue weighted by Gasteiger charge is 2.50. The van der Waals surface area contributed by atoms with Crippen molar-refractivity contribution in [2.45, 2.75) is 83.5 Å². The number of aromatic nitrogens is 3. The number of halogens is 3. The molecule has 4 heterocycles. The molecule has 4 rings (SSSR count). The molecule has 6 nitrogen and oxygen atoms in total. The first-order valence-corrected chi connectivity index (χ1v) is 13.6. The lowest BCUT2D eigenvalue weighted by Gasteiger charge is -2.32. The van der Waals surface area contributed by atoms with Gasteiger partial charge in [0.1, 0.15) is 15.9 Å². The predicted molar refractivity (Wildman–Crippen MR) is 139 cm³/mol. The monoisotopic (exact) mass is 560 g/mol. The molecule has 2 aromatic rings. The van der Waals surface area contributed by atoms with Crippen LogP contribution in [0, 0.1) is 5.82 Å². The van der Waals surface area contributed by atoms with E-state index in [1.807, 2.05) is 6.92 Å². The molecular weight excluding hydrogens is 530 g/mol. The van der Waals surface area contributed by atoms with Gasteiger partial charge in [0.25, 0.3) is 0 Å². The zero-order valence-electron chi connectivity index (χ0n) is 20.2. The molecule has 0 saturated carbocycles. The lowest BCUT2D eigenvalue weighted by atomic mass is 9.87. The Bertz CT molecular complexity index is 979. The Kier molecular flexibility index (Phi) is 8.92. The molecule has 0 radical (unpaired) electrons. The second-order valence-corrected chi connectivity index (χ2v) is 11.5. The highest BCUT2D eigenvalue weighted by molar-refractivity contribution is 9.10. The third kappa shape index (κ3) is 5.94. The Morgan fingerprint density at radius 1 is 1.06 bits per heavy atom. The highest BCUT2D eigenvalue weighted by Crippen LogP contribution is 2.38. The standard InChI is InChI=1S/C14H15BrClFN4S.C8H17BO2/c1-2-22-14-18-10-8(11(15)19-12(16)9(10)17)13(20-14)21-6-4-3-5-7-21;1-6-9-10-7(2,3)8(4,5)11-9/h2-7H2,1H3;6H2,1-5H3. The second kappa shape index (κ2) is 10.9. The Balaban J connectivity index is 0.000000235. The first-order valence-electron chi connectivity index (χ1n) is 11.5. The number of fused-ring (bicyclic) bond motifs is 1. The lowest BCUT2D eigenvalue weighted by Crippen LogP contribution is -2.41. The molecule has 0 unspecified atom stereocenters. The number of rotatable bonds is 4.